The van der Waals surface area contributed by atoms with Crippen molar-refractivity contribution in [3.8, 4) is 0 Å². The standard InChI is InChI=1S/C17H20FN3O2.C17H18N4O3.CH2F2/c1-3-4-15-14(16(17(19)23)21(2)20-15)10-13(22)9-11-5-7-12(18)8-6-11;1-3-4-12-14-15(21(2)20-12)16(22)19-13(18-14)9-10-5-7-11(8-6-10)17(23)24;2-1-3/h5-8H,3-4,9-10H2,1-2H3,(H2,19,23);5-8H,3-4,9H2,1-2H3,(H,23,24)(H,18,19,22);1H2. The molecule has 0 aliphatic rings. The molecule has 5 aromatic rings. The molecule has 0 saturated heterocycles. The normalized spacial score (nSPS) is 10.6. The number of aromatic amines is 1. The lowest BCUT2D eigenvalue weighted by atomic mass is 9.99. The summed E-state index contributed by atoms with van der Waals surface area (Å²) in [5.74, 6) is -1.42. The third-order valence-corrected chi connectivity index (χ3v) is 7.51. The van der Waals surface area contributed by atoms with Gasteiger partial charge in [0.25, 0.3) is 11.5 Å². The van der Waals surface area contributed by atoms with Crippen molar-refractivity contribution >= 4 is 28.7 Å². The number of hydrogen-bond acceptors (Lipinski definition) is 7. The van der Waals surface area contributed by atoms with Crippen LogP contribution in [-0.2, 0) is 51.0 Å². The molecule has 0 aliphatic carbocycles. The largest absolute Gasteiger partial charge is 0.478 e. The van der Waals surface area contributed by atoms with Crippen molar-refractivity contribution in [2.45, 2.75) is 58.8 Å². The van der Waals surface area contributed by atoms with Gasteiger partial charge in [0.2, 0.25) is 6.93 Å². The molecule has 0 spiro atoms. The number of carbonyl (C=O) groups excluding carboxylic acids is 2. The number of halogens is 3. The van der Waals surface area contributed by atoms with E-state index in [9.17, 15) is 32.3 Å². The summed E-state index contributed by atoms with van der Waals surface area (Å²) >= 11 is 0. The average molecular weight is 696 g/mol. The number of amides is 1. The molecule has 0 saturated carbocycles. The third-order valence-electron chi connectivity index (χ3n) is 7.51. The van der Waals surface area contributed by atoms with Crippen LogP contribution >= 0.6 is 0 Å². The van der Waals surface area contributed by atoms with Crippen LogP contribution in [0.2, 0.25) is 0 Å². The molecule has 3 heterocycles. The summed E-state index contributed by atoms with van der Waals surface area (Å²) in [6, 6.07) is 12.3. The van der Waals surface area contributed by atoms with Crippen LogP contribution in [0.3, 0.4) is 0 Å². The smallest absolute Gasteiger partial charge is 0.335 e. The molecular formula is C35H40F3N7O5. The molecule has 0 atom stereocenters. The maximum absolute atomic E-state index is 12.9. The van der Waals surface area contributed by atoms with Gasteiger partial charge in [0.15, 0.2) is 5.52 Å². The first-order chi connectivity index (χ1) is 23.8. The number of nitrogens with one attached hydrogen (secondary N) is 1. The Labute approximate surface area is 286 Å². The van der Waals surface area contributed by atoms with Crippen molar-refractivity contribution in [2.24, 2.45) is 19.8 Å². The lowest BCUT2D eigenvalue weighted by Crippen LogP contribution is -2.19. The lowest BCUT2D eigenvalue weighted by Gasteiger charge is -2.05. The van der Waals surface area contributed by atoms with Crippen molar-refractivity contribution in [2.75, 3.05) is 6.93 Å². The van der Waals surface area contributed by atoms with Gasteiger partial charge in [-0.2, -0.15) is 10.2 Å². The number of fused-ring (bicyclic) bond motifs is 1. The number of ketones is 1. The molecule has 50 heavy (non-hydrogen) atoms. The second-order valence-electron chi connectivity index (χ2n) is 11.3. The SMILES string of the molecule is CCCc1nn(C)c(C(N)=O)c1CC(=O)Cc1ccc(F)cc1.CCCc1nn(C)c2c(=O)[nH]c(Cc3ccc(C(=O)O)cc3)nc12.FCF. The first-order valence-corrected chi connectivity index (χ1v) is 15.8. The number of aromatic carboxylic acids is 1. The first kappa shape index (κ1) is 38.8. The summed E-state index contributed by atoms with van der Waals surface area (Å²) in [4.78, 5) is 54.6. The van der Waals surface area contributed by atoms with Crippen LogP contribution in [0.1, 0.15) is 81.4 Å². The van der Waals surface area contributed by atoms with E-state index in [1.165, 1.54) is 16.8 Å². The van der Waals surface area contributed by atoms with Crippen molar-refractivity contribution < 1.29 is 32.7 Å². The van der Waals surface area contributed by atoms with E-state index in [1.807, 2.05) is 6.92 Å². The van der Waals surface area contributed by atoms with E-state index in [2.05, 4.69) is 27.1 Å². The Kier molecular flexibility index (Phi) is 14.2. The Morgan fingerprint density at radius 1 is 0.860 bits per heavy atom. The highest BCUT2D eigenvalue weighted by molar-refractivity contribution is 5.95. The highest BCUT2D eigenvalue weighted by Gasteiger charge is 2.22. The number of H-pyrrole nitrogens is 1. The van der Waals surface area contributed by atoms with Gasteiger partial charge in [-0.1, -0.05) is 51.0 Å². The van der Waals surface area contributed by atoms with Gasteiger partial charge in [0.1, 0.15) is 28.6 Å². The molecule has 15 heteroatoms. The van der Waals surface area contributed by atoms with Crippen molar-refractivity contribution in [3.05, 3.63) is 110 Å². The van der Waals surface area contributed by atoms with Crippen LogP contribution in [0.4, 0.5) is 13.2 Å². The van der Waals surface area contributed by atoms with E-state index >= 15 is 0 Å². The number of rotatable bonds is 12. The molecule has 0 radical (unpaired) electrons. The van der Waals surface area contributed by atoms with Gasteiger partial charge in [-0.15, -0.1) is 0 Å². The molecule has 1 amide bonds. The number of carboxylic acids is 1. The quantitative estimate of drug-likeness (QED) is 0.167. The van der Waals surface area contributed by atoms with Crippen LogP contribution in [-0.4, -0.2) is 59.2 Å². The minimum Gasteiger partial charge on any atom is -0.478 e. The van der Waals surface area contributed by atoms with E-state index in [-0.39, 0.29) is 41.3 Å². The van der Waals surface area contributed by atoms with Crippen LogP contribution in [0.25, 0.3) is 11.0 Å². The molecule has 2 aromatic carbocycles. The summed E-state index contributed by atoms with van der Waals surface area (Å²) < 4.78 is 35.2. The van der Waals surface area contributed by atoms with Crippen LogP contribution in [0.5, 0.6) is 0 Å². The maximum atomic E-state index is 12.9. The number of Topliss-reactive ketones (excluding diaryl/α,β-unsaturated/α-hetero) is 1. The Balaban J connectivity index is 0.000000251. The van der Waals surface area contributed by atoms with Gasteiger partial charge in [-0.05, 0) is 48.2 Å². The molecule has 12 nitrogen and oxygen atoms in total. The molecule has 266 valence electrons. The fourth-order valence-electron chi connectivity index (χ4n) is 5.39. The minimum absolute atomic E-state index is 0.0653. The molecule has 0 unspecified atom stereocenters. The van der Waals surface area contributed by atoms with Gasteiger partial charge in [0.05, 0.1) is 17.0 Å². The molecule has 4 N–H and O–H groups in total. The molecule has 3 aromatic heterocycles. The van der Waals surface area contributed by atoms with Crippen LogP contribution < -0.4 is 11.3 Å². The number of carbonyl (C=O) groups is 3. The maximum Gasteiger partial charge on any atom is 0.335 e. The zero-order chi connectivity index (χ0) is 37.0. The predicted octanol–water partition coefficient (Wildman–Crippen LogP) is 4.75. The van der Waals surface area contributed by atoms with Crippen LogP contribution in [0, 0.1) is 5.82 Å². The number of alkyl halides is 2. The van der Waals surface area contributed by atoms with Crippen molar-refractivity contribution in [1.29, 1.82) is 0 Å². The number of nitrogens with two attached hydrogens (primary N) is 1. The molecular weight excluding hydrogens is 655 g/mol. The number of nitrogens with zero attached hydrogens (tertiary/aromatic N) is 5. The Bertz CT molecular complexity index is 1990. The zero-order valence-electron chi connectivity index (χ0n) is 28.3. The number of carboxylic acid groups (broad SMARTS) is 1. The lowest BCUT2D eigenvalue weighted by molar-refractivity contribution is -0.117. The second-order valence-corrected chi connectivity index (χ2v) is 11.3. The summed E-state index contributed by atoms with van der Waals surface area (Å²) in [5.41, 5.74) is 10.6. The van der Waals surface area contributed by atoms with E-state index in [1.54, 1.807) is 55.2 Å². The van der Waals surface area contributed by atoms with Gasteiger partial charge in [-0.25, -0.2) is 22.9 Å². The Morgan fingerprint density at radius 2 is 1.42 bits per heavy atom. The molecule has 0 fully saturated rings. The summed E-state index contributed by atoms with van der Waals surface area (Å²) in [6.45, 7) is 2.31. The van der Waals surface area contributed by atoms with Gasteiger partial charge < -0.3 is 15.8 Å². The minimum atomic E-state index is -1.75. The van der Waals surface area contributed by atoms with E-state index in [0.29, 0.717) is 35.3 Å². The monoisotopic (exact) mass is 695 g/mol. The number of aryl methyl sites for hydroxylation is 4. The number of primary amides is 1. The second kappa shape index (κ2) is 18.2. The third kappa shape index (κ3) is 10.2. The average Bonchev–Trinajstić information content (AvgIpc) is 3.54. The van der Waals surface area contributed by atoms with E-state index in [0.717, 1.165) is 41.8 Å². The predicted molar refractivity (Wildman–Crippen MR) is 181 cm³/mol. The number of benzene rings is 2. The van der Waals surface area contributed by atoms with Crippen LogP contribution in [0.15, 0.2) is 53.3 Å². The molecule has 0 bridgehead atoms. The van der Waals surface area contributed by atoms with Gasteiger partial charge in [-0.3, -0.25) is 23.7 Å². The van der Waals surface area contributed by atoms with E-state index < -0.39 is 18.8 Å². The Hall–Kier alpha value is -5.60. The number of aromatic nitrogens is 6. The van der Waals surface area contributed by atoms with Gasteiger partial charge >= 0.3 is 5.97 Å². The fourth-order valence-corrected chi connectivity index (χ4v) is 5.39. The summed E-state index contributed by atoms with van der Waals surface area (Å²) in [5, 5.41) is 17.6. The van der Waals surface area contributed by atoms with Crippen molar-refractivity contribution in [1.82, 2.24) is 29.5 Å². The zero-order valence-corrected chi connectivity index (χ0v) is 28.3. The summed E-state index contributed by atoms with van der Waals surface area (Å²) in [7, 11) is 3.38. The van der Waals surface area contributed by atoms with Crippen molar-refractivity contribution in [3.63, 3.8) is 0 Å². The van der Waals surface area contributed by atoms with E-state index in [4.69, 9.17) is 10.8 Å². The first-order valence-electron chi connectivity index (χ1n) is 15.8. The topological polar surface area (TPSA) is 179 Å². The highest BCUT2D eigenvalue weighted by atomic mass is 19.3. The molecule has 0 aliphatic heterocycles. The molecule has 5 rings (SSSR count). The Morgan fingerprint density at radius 3 is 1.98 bits per heavy atom. The fraction of sp³-hybridized carbons (Fsp3) is 0.343. The number of hydrogen-bond donors (Lipinski definition) is 3. The summed E-state index contributed by atoms with van der Waals surface area (Å²) in [6.07, 6.45) is 3.92. The van der Waals surface area contributed by atoms with Gasteiger partial charge in [0, 0.05) is 38.9 Å². The highest BCUT2D eigenvalue weighted by Crippen LogP contribution is 2.18.